The Kier molecular flexibility index (Phi) is 6.37. The van der Waals surface area contributed by atoms with Gasteiger partial charge in [0.05, 0.1) is 0 Å². The van der Waals surface area contributed by atoms with E-state index in [1.165, 1.54) is 11.1 Å². The van der Waals surface area contributed by atoms with Crippen LogP contribution in [-0.4, -0.2) is 22.1 Å². The quantitative estimate of drug-likeness (QED) is 0.676. The minimum absolute atomic E-state index is 0.222. The highest BCUT2D eigenvalue weighted by atomic mass is 16.1. The Morgan fingerprint density at radius 3 is 2.36 bits per heavy atom. The van der Waals surface area contributed by atoms with Crippen LogP contribution in [0.5, 0.6) is 0 Å². The summed E-state index contributed by atoms with van der Waals surface area (Å²) in [5.74, 6) is 0.536. The van der Waals surface area contributed by atoms with Gasteiger partial charge in [-0.3, -0.25) is 4.79 Å². The average molecular weight is 374 g/mol. The summed E-state index contributed by atoms with van der Waals surface area (Å²) in [6.07, 6.45) is 0. The zero-order valence-electron chi connectivity index (χ0n) is 16.6. The summed E-state index contributed by atoms with van der Waals surface area (Å²) < 4.78 is 0. The van der Waals surface area contributed by atoms with Crippen LogP contribution in [-0.2, 0) is 13.1 Å². The van der Waals surface area contributed by atoms with Gasteiger partial charge >= 0.3 is 0 Å². The first-order chi connectivity index (χ1) is 13.5. The third-order valence-corrected chi connectivity index (χ3v) is 4.53. The van der Waals surface area contributed by atoms with Crippen LogP contribution in [0.3, 0.4) is 0 Å². The predicted octanol–water partition coefficient (Wildman–Crippen LogP) is 4.13. The van der Waals surface area contributed by atoms with Gasteiger partial charge in [0.2, 0.25) is 0 Å². The molecule has 0 fully saturated rings. The Morgan fingerprint density at radius 1 is 0.964 bits per heavy atom. The highest BCUT2D eigenvalue weighted by Gasteiger charge is 2.15. The highest BCUT2D eigenvalue weighted by molar-refractivity contribution is 5.92. The number of nitrogens with zero attached hydrogens (tertiary/aromatic N) is 3. The molecule has 1 amide bonds. The molecule has 0 aliphatic heterocycles. The number of rotatable bonds is 7. The van der Waals surface area contributed by atoms with E-state index in [0.29, 0.717) is 12.2 Å². The molecule has 1 N–H and O–H groups in total. The second-order valence-corrected chi connectivity index (χ2v) is 7.16. The molecule has 0 aliphatic carbocycles. The number of aromatic nitrogens is 2. The summed E-state index contributed by atoms with van der Waals surface area (Å²) in [5, 5.41) is 11.4. The zero-order valence-corrected chi connectivity index (χ0v) is 16.6. The Hall–Kier alpha value is -3.21. The highest BCUT2D eigenvalue weighted by Crippen LogP contribution is 2.17. The van der Waals surface area contributed by atoms with Crippen molar-refractivity contribution in [3.8, 4) is 0 Å². The molecule has 1 heterocycles. The van der Waals surface area contributed by atoms with Gasteiger partial charge in [-0.25, -0.2) is 0 Å². The largest absolute Gasteiger partial charge is 0.348 e. The average Bonchev–Trinajstić information content (AvgIpc) is 2.71. The first kappa shape index (κ1) is 19.5. The van der Waals surface area contributed by atoms with Crippen LogP contribution in [0.4, 0.5) is 5.82 Å². The van der Waals surface area contributed by atoms with Crippen LogP contribution in [0.25, 0.3) is 0 Å². The SMILES string of the molecule is Cc1cccc(CNC(=O)c2ccc(N(Cc3ccccc3)C(C)C)nn2)c1. The van der Waals surface area contributed by atoms with Crippen molar-refractivity contribution in [2.45, 2.75) is 39.9 Å². The van der Waals surface area contributed by atoms with E-state index in [0.717, 1.165) is 17.9 Å². The van der Waals surface area contributed by atoms with Crippen molar-refractivity contribution in [2.24, 2.45) is 0 Å². The lowest BCUT2D eigenvalue weighted by Gasteiger charge is -2.27. The van der Waals surface area contributed by atoms with E-state index < -0.39 is 0 Å². The molecule has 3 aromatic rings. The van der Waals surface area contributed by atoms with E-state index in [-0.39, 0.29) is 11.9 Å². The number of amides is 1. The van der Waals surface area contributed by atoms with Crippen molar-refractivity contribution in [1.29, 1.82) is 0 Å². The Balaban J connectivity index is 1.66. The molecule has 0 unspecified atom stereocenters. The third kappa shape index (κ3) is 5.16. The normalized spacial score (nSPS) is 10.7. The molecule has 2 aromatic carbocycles. The van der Waals surface area contributed by atoms with E-state index in [2.05, 4.69) is 52.5 Å². The summed E-state index contributed by atoms with van der Waals surface area (Å²) in [4.78, 5) is 14.5. The van der Waals surface area contributed by atoms with Crippen molar-refractivity contribution < 1.29 is 4.79 Å². The molecule has 28 heavy (non-hydrogen) atoms. The molecule has 0 saturated heterocycles. The predicted molar refractivity (Wildman–Crippen MR) is 112 cm³/mol. The molecule has 0 atom stereocenters. The maximum atomic E-state index is 12.4. The van der Waals surface area contributed by atoms with Crippen LogP contribution >= 0.6 is 0 Å². The van der Waals surface area contributed by atoms with Gasteiger partial charge < -0.3 is 10.2 Å². The number of carbonyl (C=O) groups excluding carboxylic acids is 1. The number of hydrogen-bond acceptors (Lipinski definition) is 4. The van der Waals surface area contributed by atoms with E-state index in [1.807, 2.05) is 49.4 Å². The van der Waals surface area contributed by atoms with Gasteiger partial charge in [0.15, 0.2) is 11.5 Å². The van der Waals surface area contributed by atoms with Crippen molar-refractivity contribution in [1.82, 2.24) is 15.5 Å². The second kappa shape index (κ2) is 9.13. The van der Waals surface area contributed by atoms with Crippen LogP contribution in [0, 0.1) is 6.92 Å². The van der Waals surface area contributed by atoms with Crippen LogP contribution < -0.4 is 10.2 Å². The van der Waals surface area contributed by atoms with Crippen LogP contribution in [0.1, 0.15) is 41.0 Å². The van der Waals surface area contributed by atoms with E-state index in [9.17, 15) is 4.79 Å². The van der Waals surface area contributed by atoms with Gasteiger partial charge in [0.1, 0.15) is 0 Å². The van der Waals surface area contributed by atoms with Gasteiger partial charge in [0, 0.05) is 19.1 Å². The van der Waals surface area contributed by atoms with Crippen LogP contribution in [0.15, 0.2) is 66.7 Å². The molecule has 0 saturated carbocycles. The van der Waals surface area contributed by atoms with E-state index >= 15 is 0 Å². The first-order valence-electron chi connectivity index (χ1n) is 9.51. The molecule has 0 radical (unpaired) electrons. The molecule has 5 heteroatoms. The lowest BCUT2D eigenvalue weighted by molar-refractivity contribution is 0.0945. The molecule has 144 valence electrons. The van der Waals surface area contributed by atoms with Gasteiger partial charge in [-0.2, -0.15) is 0 Å². The summed E-state index contributed by atoms with van der Waals surface area (Å²) in [7, 11) is 0. The van der Waals surface area contributed by atoms with Crippen molar-refractivity contribution in [3.05, 3.63) is 89.1 Å². The molecule has 0 aliphatic rings. The minimum Gasteiger partial charge on any atom is -0.348 e. The van der Waals surface area contributed by atoms with Gasteiger partial charge in [-0.15, -0.1) is 10.2 Å². The van der Waals surface area contributed by atoms with E-state index in [4.69, 9.17) is 0 Å². The second-order valence-electron chi connectivity index (χ2n) is 7.16. The number of hydrogen-bond donors (Lipinski definition) is 1. The fourth-order valence-corrected chi connectivity index (χ4v) is 3.00. The number of anilines is 1. The summed E-state index contributed by atoms with van der Waals surface area (Å²) >= 11 is 0. The van der Waals surface area contributed by atoms with Gasteiger partial charge in [0.25, 0.3) is 5.91 Å². The fraction of sp³-hybridized carbons (Fsp3) is 0.261. The number of benzene rings is 2. The van der Waals surface area contributed by atoms with Crippen molar-refractivity contribution in [3.63, 3.8) is 0 Å². The Bertz CT molecular complexity index is 907. The molecule has 5 nitrogen and oxygen atoms in total. The summed E-state index contributed by atoms with van der Waals surface area (Å²) in [6, 6.07) is 22.2. The topological polar surface area (TPSA) is 58.1 Å². The number of carbonyl (C=O) groups is 1. The maximum absolute atomic E-state index is 12.4. The van der Waals surface area contributed by atoms with Crippen LogP contribution in [0.2, 0.25) is 0 Å². The minimum atomic E-state index is -0.222. The third-order valence-electron chi connectivity index (χ3n) is 4.53. The fourth-order valence-electron chi connectivity index (χ4n) is 3.00. The van der Waals surface area contributed by atoms with Gasteiger partial charge in [-0.05, 0) is 44.0 Å². The maximum Gasteiger partial charge on any atom is 0.272 e. The molecule has 0 bridgehead atoms. The Labute approximate surface area is 166 Å². The summed E-state index contributed by atoms with van der Waals surface area (Å²) in [5.41, 5.74) is 3.76. The van der Waals surface area contributed by atoms with E-state index in [1.54, 1.807) is 6.07 Å². The molecule has 0 spiro atoms. The number of nitrogens with one attached hydrogen (secondary N) is 1. The first-order valence-corrected chi connectivity index (χ1v) is 9.51. The standard InChI is InChI=1S/C23H26N4O/c1-17(2)27(16-19-9-5-4-6-10-19)22-13-12-21(25-26-22)23(28)24-15-20-11-7-8-18(3)14-20/h4-14,17H,15-16H2,1-3H3,(H,24,28). The molecule has 1 aromatic heterocycles. The smallest absolute Gasteiger partial charge is 0.272 e. The zero-order chi connectivity index (χ0) is 19.9. The van der Waals surface area contributed by atoms with Crippen molar-refractivity contribution >= 4 is 11.7 Å². The molecular weight excluding hydrogens is 348 g/mol. The Morgan fingerprint density at radius 2 is 1.71 bits per heavy atom. The van der Waals surface area contributed by atoms with Gasteiger partial charge in [-0.1, -0.05) is 60.2 Å². The number of aryl methyl sites for hydroxylation is 1. The monoisotopic (exact) mass is 374 g/mol. The molecular formula is C23H26N4O. The van der Waals surface area contributed by atoms with Crippen molar-refractivity contribution in [2.75, 3.05) is 4.90 Å². The lowest BCUT2D eigenvalue weighted by Crippen LogP contribution is -2.31. The summed E-state index contributed by atoms with van der Waals surface area (Å²) in [6.45, 7) is 7.48. The lowest BCUT2D eigenvalue weighted by atomic mass is 10.1. The molecule has 3 rings (SSSR count).